The molecule has 118 heavy (non-hydrogen) atoms. The quantitative estimate of drug-likeness (QED) is 0.101. The van der Waals surface area contributed by atoms with Gasteiger partial charge in [-0.1, -0.05) is 309 Å². The van der Waals surface area contributed by atoms with Crippen molar-refractivity contribution in [1.82, 2.24) is 9.13 Å². The first-order valence-electron chi connectivity index (χ1n) is 40.7. The monoisotopic (exact) mass is 1500 g/mol. The van der Waals surface area contributed by atoms with Gasteiger partial charge in [0.1, 0.15) is 0 Å². The van der Waals surface area contributed by atoms with Crippen LogP contribution in [0, 0.1) is 0 Å². The van der Waals surface area contributed by atoms with Crippen molar-refractivity contribution in [3.63, 3.8) is 0 Å². The number of benzene rings is 21. The van der Waals surface area contributed by atoms with E-state index in [9.17, 15) is 0 Å². The molecule has 0 unspecified atom stereocenters. The Morgan fingerprint density at radius 2 is 0.483 bits per heavy atom. The van der Waals surface area contributed by atoms with Crippen molar-refractivity contribution in [3.8, 4) is 78.1 Å². The fraction of sp³-hybridized carbons (Fsp3) is 0. The number of aromatic nitrogens is 2. The number of hydrogen-bond acceptors (Lipinski definition) is 2. The summed E-state index contributed by atoms with van der Waals surface area (Å²) in [5, 5.41) is 19.6. The third-order valence-corrected chi connectivity index (χ3v) is 24.4. The van der Waals surface area contributed by atoms with Crippen LogP contribution in [0.5, 0.6) is 0 Å². The Labute approximate surface area is 683 Å². The van der Waals surface area contributed by atoms with Gasteiger partial charge in [-0.2, -0.15) is 0 Å². The summed E-state index contributed by atoms with van der Waals surface area (Å²) < 4.78 is 4.89. The molecule has 23 rings (SSSR count). The Kier molecular flexibility index (Phi) is 16.2. The highest BCUT2D eigenvalue weighted by molar-refractivity contribution is 6.27. The van der Waals surface area contributed by atoms with Crippen LogP contribution in [0.1, 0.15) is 0 Å². The van der Waals surface area contributed by atoms with E-state index in [0.717, 1.165) is 84.3 Å². The molecule has 21 aromatic carbocycles. The maximum absolute atomic E-state index is 2.45. The number of hydrogen-bond donors (Lipinski definition) is 0. The molecule has 550 valence electrons. The van der Waals surface area contributed by atoms with Crippen LogP contribution in [0.2, 0.25) is 0 Å². The van der Waals surface area contributed by atoms with Crippen LogP contribution in [0.15, 0.2) is 449 Å². The van der Waals surface area contributed by atoms with E-state index in [0.29, 0.717) is 0 Å². The molecule has 2 heterocycles. The molecular weight excluding hydrogens is 1430 g/mol. The van der Waals surface area contributed by atoms with Crippen LogP contribution in [0.25, 0.3) is 186 Å². The van der Waals surface area contributed by atoms with Gasteiger partial charge in [0.2, 0.25) is 0 Å². The van der Waals surface area contributed by atoms with Gasteiger partial charge in [0.05, 0.1) is 27.8 Å². The minimum absolute atomic E-state index is 1.06. The summed E-state index contributed by atoms with van der Waals surface area (Å²) in [6.45, 7) is 0. The minimum Gasteiger partial charge on any atom is -0.310 e. The molecule has 0 radical (unpaired) electrons. The van der Waals surface area contributed by atoms with Gasteiger partial charge in [-0.3, -0.25) is 0 Å². The average Bonchev–Trinajstić information content (AvgIpc) is 1.58. The first-order chi connectivity index (χ1) is 58.5. The summed E-state index contributed by atoms with van der Waals surface area (Å²) in [4.78, 5) is 4.86. The lowest BCUT2D eigenvalue weighted by molar-refractivity contribution is 1.18. The molecule has 0 N–H and O–H groups in total. The van der Waals surface area contributed by atoms with Gasteiger partial charge in [-0.25, -0.2) is 0 Å². The predicted octanol–water partition coefficient (Wildman–Crippen LogP) is 31.7. The fourth-order valence-electron chi connectivity index (χ4n) is 18.8. The number of anilines is 6. The third-order valence-electron chi connectivity index (χ3n) is 24.4. The molecule has 4 heteroatoms. The summed E-state index contributed by atoms with van der Waals surface area (Å²) in [6.07, 6.45) is 0. The Hall–Kier alpha value is -15.6. The van der Waals surface area contributed by atoms with Crippen LogP contribution in [-0.4, -0.2) is 9.13 Å². The lowest BCUT2D eigenvalue weighted by Gasteiger charge is -2.28. The lowest BCUT2D eigenvalue weighted by atomic mass is 9.94. The molecule has 0 saturated carbocycles. The molecule has 0 fully saturated rings. The lowest BCUT2D eigenvalue weighted by Crippen LogP contribution is -2.10. The summed E-state index contributed by atoms with van der Waals surface area (Å²) >= 11 is 0. The van der Waals surface area contributed by atoms with Crippen molar-refractivity contribution in [3.05, 3.63) is 449 Å². The van der Waals surface area contributed by atoms with Crippen molar-refractivity contribution in [2.75, 3.05) is 9.80 Å². The molecular formula is C114H74N4. The molecule has 0 amide bonds. The molecule has 0 aliphatic rings. The Bertz CT molecular complexity index is 7910. The zero-order chi connectivity index (χ0) is 77.7. The van der Waals surface area contributed by atoms with Crippen molar-refractivity contribution in [1.29, 1.82) is 0 Å². The highest BCUT2D eigenvalue weighted by Gasteiger charge is 2.25. The van der Waals surface area contributed by atoms with Gasteiger partial charge in [0, 0.05) is 66.7 Å². The van der Waals surface area contributed by atoms with Crippen LogP contribution >= 0.6 is 0 Å². The van der Waals surface area contributed by atoms with E-state index in [-0.39, 0.29) is 0 Å². The summed E-state index contributed by atoms with van der Waals surface area (Å²) in [7, 11) is 0. The summed E-state index contributed by atoms with van der Waals surface area (Å²) in [6, 6.07) is 166. The minimum atomic E-state index is 1.06. The SMILES string of the molecule is c1ccc(-c2cccc(N(c3cccc(-c4cccc5c4c4c6ccc(-c7ccc8ccc(-c9ccc(N(c%10ccc(-c%11ccc%12c(ccc%13ccccc%13%12)c%11)cc%10)c%10cccc(-c%11cccc%12c%11c%11c%13ccccc%13ccc%11n%12-c%11ccccc%11)c%10)cc9)cc8c7)cc6ccc4n5-c4ccccc4)c3)c3cccc4ccccc34)c2)cc1. The van der Waals surface area contributed by atoms with Crippen molar-refractivity contribution >= 4 is 142 Å². The van der Waals surface area contributed by atoms with Crippen molar-refractivity contribution < 1.29 is 0 Å². The maximum atomic E-state index is 2.45. The molecule has 4 nitrogen and oxygen atoms in total. The zero-order valence-corrected chi connectivity index (χ0v) is 64.5. The van der Waals surface area contributed by atoms with E-state index in [1.54, 1.807) is 0 Å². The molecule has 0 aliphatic carbocycles. The maximum Gasteiger partial charge on any atom is 0.0547 e. The highest BCUT2D eigenvalue weighted by Crippen LogP contribution is 2.49. The number of nitrogens with zero attached hydrogens (tertiary/aromatic N) is 4. The zero-order valence-electron chi connectivity index (χ0n) is 64.5. The predicted molar refractivity (Wildman–Crippen MR) is 502 cm³/mol. The molecule has 0 bridgehead atoms. The molecule has 23 aromatic rings. The van der Waals surface area contributed by atoms with Gasteiger partial charge in [-0.05, 0) is 266 Å². The van der Waals surface area contributed by atoms with Gasteiger partial charge < -0.3 is 18.9 Å². The largest absolute Gasteiger partial charge is 0.310 e. The van der Waals surface area contributed by atoms with Crippen molar-refractivity contribution in [2.45, 2.75) is 0 Å². The fourth-order valence-corrected chi connectivity index (χ4v) is 18.8. The van der Waals surface area contributed by atoms with E-state index in [2.05, 4.69) is 468 Å². The van der Waals surface area contributed by atoms with E-state index in [1.807, 2.05) is 0 Å². The van der Waals surface area contributed by atoms with Gasteiger partial charge in [-0.15, -0.1) is 0 Å². The molecule has 0 saturated heterocycles. The van der Waals surface area contributed by atoms with Crippen LogP contribution in [0.4, 0.5) is 34.1 Å². The Balaban J connectivity index is 0.610. The molecule has 0 aliphatic heterocycles. The van der Waals surface area contributed by atoms with Gasteiger partial charge in [0.25, 0.3) is 0 Å². The summed E-state index contributed by atoms with van der Waals surface area (Å²) in [5.41, 5.74) is 27.4. The first-order valence-corrected chi connectivity index (χ1v) is 40.7. The third kappa shape index (κ3) is 11.6. The van der Waals surface area contributed by atoms with Crippen LogP contribution < -0.4 is 9.80 Å². The van der Waals surface area contributed by atoms with Gasteiger partial charge >= 0.3 is 0 Å². The second-order valence-corrected chi connectivity index (χ2v) is 31.1. The Morgan fingerprint density at radius 3 is 1.06 bits per heavy atom. The number of rotatable bonds is 14. The van der Waals surface area contributed by atoms with E-state index >= 15 is 0 Å². The second kappa shape index (κ2) is 28.2. The average molecular weight is 1500 g/mol. The van der Waals surface area contributed by atoms with Crippen LogP contribution in [0.3, 0.4) is 0 Å². The number of para-hydroxylation sites is 2. The van der Waals surface area contributed by atoms with Gasteiger partial charge in [0.15, 0.2) is 0 Å². The first kappa shape index (κ1) is 68.0. The van der Waals surface area contributed by atoms with E-state index < -0.39 is 0 Å². The summed E-state index contributed by atoms with van der Waals surface area (Å²) in [5.74, 6) is 0. The molecule has 0 spiro atoms. The van der Waals surface area contributed by atoms with Crippen molar-refractivity contribution in [2.24, 2.45) is 0 Å². The number of fused-ring (bicyclic) bond motifs is 15. The smallest absolute Gasteiger partial charge is 0.0547 e. The van der Waals surface area contributed by atoms with E-state index in [1.165, 1.54) is 136 Å². The van der Waals surface area contributed by atoms with Crippen LogP contribution in [-0.2, 0) is 0 Å². The molecule has 0 atom stereocenters. The normalized spacial score (nSPS) is 11.7. The highest BCUT2D eigenvalue weighted by atomic mass is 15.1. The Morgan fingerprint density at radius 1 is 0.153 bits per heavy atom. The molecule has 2 aromatic heterocycles. The van der Waals surface area contributed by atoms with E-state index in [4.69, 9.17) is 0 Å². The topological polar surface area (TPSA) is 16.3 Å². The second-order valence-electron chi connectivity index (χ2n) is 31.1. The standard InChI is InChI=1S/C114H74N4/c1-4-22-75(23-5-1)82-28-16-36-97(72-82)116(106-43-19-27-79-24-11-14-39-101(79)106)98-37-18-30-88(74-98)104-42-21-45-108-113(104)114-105-65-57-86(69-90(105)59-67-110(114)118(108)93-33-8-3-9-34-93)85-50-47-78-46-49-83(70-91(78)71-85)76-52-60-94(61-53-76)115(95-62-54-77(55-63-95)84-56-64-100-89(68-84)51-48-80-25-10-13-38-99(80)100)96-35-17-29-87(73-96)103-41-20-44-107-112(103)111-102-40-15-12-26-81(102)58-66-109(111)117(107)92-31-6-2-7-32-92/h1-74H.